The van der Waals surface area contributed by atoms with Crippen molar-refractivity contribution in [1.82, 2.24) is 9.97 Å². The highest BCUT2D eigenvalue weighted by molar-refractivity contribution is 7.98. The predicted octanol–water partition coefficient (Wildman–Crippen LogP) is 3.74. The molecule has 0 saturated heterocycles. The van der Waals surface area contributed by atoms with E-state index in [1.807, 2.05) is 18.4 Å². The molecule has 0 aliphatic rings. The van der Waals surface area contributed by atoms with Gasteiger partial charge in [-0.2, -0.15) is 0 Å². The van der Waals surface area contributed by atoms with Gasteiger partial charge in [0.25, 0.3) is 0 Å². The summed E-state index contributed by atoms with van der Waals surface area (Å²) in [5.41, 5.74) is 0.963. The zero-order chi connectivity index (χ0) is 13.7. The van der Waals surface area contributed by atoms with Crippen LogP contribution in [0.1, 0.15) is 5.82 Å². The van der Waals surface area contributed by atoms with E-state index < -0.39 is 0 Å². The molecule has 1 aromatic carbocycles. The van der Waals surface area contributed by atoms with Crippen molar-refractivity contribution >= 4 is 34.9 Å². The first-order valence-electron chi connectivity index (χ1n) is 5.64. The van der Waals surface area contributed by atoms with E-state index in [0.717, 1.165) is 5.69 Å². The molecule has 100 valence electrons. The number of methoxy groups -OCH3 is 1. The molecule has 0 bridgehead atoms. The van der Waals surface area contributed by atoms with Gasteiger partial charge in [-0.1, -0.05) is 17.7 Å². The number of nitrogens with zero attached hydrogens (tertiary/aromatic N) is 2. The van der Waals surface area contributed by atoms with Crippen LogP contribution < -0.4 is 5.32 Å². The molecule has 2 aromatic rings. The van der Waals surface area contributed by atoms with Crippen molar-refractivity contribution in [2.24, 2.45) is 0 Å². The lowest BCUT2D eigenvalue weighted by Crippen LogP contribution is -2.01. The Labute approximate surface area is 121 Å². The minimum Gasteiger partial charge on any atom is -0.377 e. The molecular weight excluding hydrogens is 282 g/mol. The van der Waals surface area contributed by atoms with E-state index in [9.17, 15) is 0 Å². The predicted molar refractivity (Wildman–Crippen MR) is 79.3 cm³/mol. The van der Waals surface area contributed by atoms with Crippen LogP contribution in [0.25, 0.3) is 0 Å². The normalized spacial score (nSPS) is 10.5. The maximum Gasteiger partial charge on any atom is 0.158 e. The van der Waals surface area contributed by atoms with E-state index in [2.05, 4.69) is 27.4 Å². The smallest absolute Gasteiger partial charge is 0.158 e. The summed E-state index contributed by atoms with van der Waals surface area (Å²) in [7, 11) is 1.60. The highest BCUT2D eigenvalue weighted by Crippen LogP contribution is 2.22. The second-order valence-electron chi connectivity index (χ2n) is 3.78. The highest BCUT2D eigenvalue weighted by Gasteiger charge is 2.04. The zero-order valence-electron chi connectivity index (χ0n) is 10.7. The number of hydrogen-bond acceptors (Lipinski definition) is 5. The lowest BCUT2D eigenvalue weighted by molar-refractivity contribution is 0.178. The Balaban J connectivity index is 2.22. The summed E-state index contributed by atoms with van der Waals surface area (Å²) in [6.07, 6.45) is 2.04. The van der Waals surface area contributed by atoms with Crippen LogP contribution in [0.5, 0.6) is 0 Å². The number of anilines is 2. The molecule has 0 unspecified atom stereocenters. The van der Waals surface area contributed by atoms with Crippen LogP contribution in [-0.4, -0.2) is 23.3 Å². The Hall–Kier alpha value is -1.30. The van der Waals surface area contributed by atoms with Gasteiger partial charge < -0.3 is 10.1 Å². The van der Waals surface area contributed by atoms with Gasteiger partial charge in [-0.3, -0.25) is 0 Å². The standard InChI is InChI=1S/C13H14ClN3OS/c1-18-8-13-16-11(14)7-12(17-13)15-9-4-3-5-10(6-9)19-2/h3-7H,8H2,1-2H3,(H,15,16,17). The van der Waals surface area contributed by atoms with Crippen LogP contribution in [0.4, 0.5) is 11.5 Å². The largest absolute Gasteiger partial charge is 0.377 e. The summed E-state index contributed by atoms with van der Waals surface area (Å²) < 4.78 is 5.01. The molecule has 1 heterocycles. The summed E-state index contributed by atoms with van der Waals surface area (Å²) in [5.74, 6) is 1.21. The summed E-state index contributed by atoms with van der Waals surface area (Å²) in [5, 5.41) is 3.61. The molecule has 1 aromatic heterocycles. The topological polar surface area (TPSA) is 47.0 Å². The van der Waals surface area contributed by atoms with Crippen LogP contribution in [0.3, 0.4) is 0 Å². The maximum absolute atomic E-state index is 5.96. The average Bonchev–Trinajstić information content (AvgIpc) is 2.38. The van der Waals surface area contributed by atoms with Crippen molar-refractivity contribution in [3.05, 3.63) is 41.3 Å². The molecule has 0 spiro atoms. The van der Waals surface area contributed by atoms with E-state index in [1.54, 1.807) is 24.9 Å². The number of thioether (sulfide) groups is 1. The number of rotatable bonds is 5. The van der Waals surface area contributed by atoms with Gasteiger partial charge in [0.2, 0.25) is 0 Å². The molecular formula is C13H14ClN3OS. The minimum absolute atomic E-state index is 0.333. The summed E-state index contributed by atoms with van der Waals surface area (Å²) in [4.78, 5) is 9.60. The van der Waals surface area contributed by atoms with Crippen molar-refractivity contribution in [3.8, 4) is 0 Å². The van der Waals surface area contributed by atoms with Gasteiger partial charge in [-0.15, -0.1) is 11.8 Å². The first-order valence-corrected chi connectivity index (χ1v) is 7.25. The molecule has 6 heteroatoms. The first kappa shape index (κ1) is 14.1. The first-order chi connectivity index (χ1) is 9.21. The molecule has 2 rings (SSSR count). The molecule has 0 amide bonds. The Kier molecular flexibility index (Phi) is 5.01. The number of benzene rings is 1. The fourth-order valence-corrected chi connectivity index (χ4v) is 2.23. The second-order valence-corrected chi connectivity index (χ2v) is 5.05. The lowest BCUT2D eigenvalue weighted by Gasteiger charge is -2.08. The molecule has 4 nitrogen and oxygen atoms in total. The van der Waals surface area contributed by atoms with Gasteiger partial charge in [0, 0.05) is 23.8 Å². The number of ether oxygens (including phenoxy) is 1. The fraction of sp³-hybridized carbons (Fsp3) is 0.231. The third-order valence-electron chi connectivity index (χ3n) is 2.36. The Morgan fingerprint density at radius 2 is 2.16 bits per heavy atom. The van der Waals surface area contributed by atoms with Crippen LogP contribution >= 0.6 is 23.4 Å². The zero-order valence-corrected chi connectivity index (χ0v) is 12.3. The highest BCUT2D eigenvalue weighted by atomic mass is 35.5. The number of hydrogen-bond donors (Lipinski definition) is 1. The molecule has 0 aliphatic heterocycles. The fourth-order valence-electron chi connectivity index (χ4n) is 1.57. The molecule has 0 atom stereocenters. The van der Waals surface area contributed by atoms with Crippen molar-refractivity contribution in [1.29, 1.82) is 0 Å². The summed E-state index contributed by atoms with van der Waals surface area (Å²) in [6, 6.07) is 9.76. The van der Waals surface area contributed by atoms with Gasteiger partial charge in [-0.25, -0.2) is 9.97 Å². The summed E-state index contributed by atoms with van der Waals surface area (Å²) >= 11 is 7.65. The van der Waals surface area contributed by atoms with Gasteiger partial charge in [0.05, 0.1) is 0 Å². The second kappa shape index (κ2) is 6.75. The molecule has 0 fully saturated rings. The van der Waals surface area contributed by atoms with Crippen LogP contribution in [0.2, 0.25) is 5.15 Å². The Morgan fingerprint density at radius 1 is 1.32 bits per heavy atom. The maximum atomic E-state index is 5.96. The van der Waals surface area contributed by atoms with Crippen LogP contribution in [0, 0.1) is 0 Å². The third kappa shape index (κ3) is 4.09. The van der Waals surface area contributed by atoms with E-state index in [-0.39, 0.29) is 0 Å². The van der Waals surface area contributed by atoms with E-state index in [0.29, 0.717) is 23.4 Å². The minimum atomic E-state index is 0.333. The monoisotopic (exact) mass is 295 g/mol. The number of nitrogens with one attached hydrogen (secondary N) is 1. The molecule has 1 N–H and O–H groups in total. The molecule has 0 saturated carbocycles. The van der Waals surface area contributed by atoms with Crippen molar-refractivity contribution in [2.75, 3.05) is 18.7 Å². The van der Waals surface area contributed by atoms with Gasteiger partial charge >= 0.3 is 0 Å². The SMILES string of the molecule is COCc1nc(Cl)cc(Nc2cccc(SC)c2)n1. The van der Waals surface area contributed by atoms with Crippen molar-refractivity contribution < 1.29 is 4.74 Å². The Morgan fingerprint density at radius 3 is 2.89 bits per heavy atom. The molecule has 0 aliphatic carbocycles. The molecule has 0 radical (unpaired) electrons. The van der Waals surface area contributed by atoms with Crippen LogP contribution in [0.15, 0.2) is 35.2 Å². The van der Waals surface area contributed by atoms with E-state index in [1.165, 1.54) is 4.90 Å². The van der Waals surface area contributed by atoms with Crippen molar-refractivity contribution in [2.45, 2.75) is 11.5 Å². The average molecular weight is 296 g/mol. The van der Waals surface area contributed by atoms with Gasteiger partial charge in [0.15, 0.2) is 5.82 Å². The lowest BCUT2D eigenvalue weighted by atomic mass is 10.3. The van der Waals surface area contributed by atoms with Gasteiger partial charge in [0.1, 0.15) is 17.6 Å². The van der Waals surface area contributed by atoms with Gasteiger partial charge in [-0.05, 0) is 24.5 Å². The molecule has 19 heavy (non-hydrogen) atoms. The number of halogens is 1. The quantitative estimate of drug-likeness (QED) is 0.672. The van der Waals surface area contributed by atoms with E-state index in [4.69, 9.17) is 16.3 Å². The van der Waals surface area contributed by atoms with Crippen LogP contribution in [-0.2, 0) is 11.3 Å². The summed E-state index contributed by atoms with van der Waals surface area (Å²) in [6.45, 7) is 0.333. The Bertz CT molecular complexity index is 565. The van der Waals surface area contributed by atoms with E-state index >= 15 is 0 Å². The number of aromatic nitrogens is 2. The third-order valence-corrected chi connectivity index (χ3v) is 3.28. The van der Waals surface area contributed by atoms with Crippen molar-refractivity contribution in [3.63, 3.8) is 0 Å².